The second kappa shape index (κ2) is 8.55. The molecule has 0 saturated carbocycles. The molecule has 0 saturated heterocycles. The van der Waals surface area contributed by atoms with E-state index in [0.717, 1.165) is 17.0 Å². The van der Waals surface area contributed by atoms with Gasteiger partial charge in [-0.2, -0.15) is 5.10 Å². The number of hydrogen-bond acceptors (Lipinski definition) is 8. The molecule has 1 aliphatic heterocycles. The lowest BCUT2D eigenvalue weighted by atomic mass is 10.1. The van der Waals surface area contributed by atoms with E-state index >= 15 is 0 Å². The van der Waals surface area contributed by atoms with Crippen LogP contribution in [0.1, 0.15) is 30.2 Å². The van der Waals surface area contributed by atoms with Crippen molar-refractivity contribution in [2.75, 3.05) is 18.5 Å². The molecule has 1 aliphatic rings. The van der Waals surface area contributed by atoms with Crippen LogP contribution >= 0.6 is 11.3 Å². The third-order valence-electron chi connectivity index (χ3n) is 5.64. The fraction of sp³-hybridized carbons (Fsp3) is 0.200. The van der Waals surface area contributed by atoms with Crippen molar-refractivity contribution in [1.29, 1.82) is 0 Å². The number of ether oxygens (including phenoxy) is 2. The maximum Gasteiger partial charge on any atom is 0.258 e. The molecule has 0 spiro atoms. The number of nitrogens with one attached hydrogen (secondary N) is 1. The van der Waals surface area contributed by atoms with Crippen LogP contribution in [0.15, 0.2) is 58.7 Å². The highest BCUT2D eigenvalue weighted by Crippen LogP contribution is 2.35. The van der Waals surface area contributed by atoms with Crippen LogP contribution in [0.2, 0.25) is 0 Å². The third-order valence-corrected chi connectivity index (χ3v) is 6.39. The molecule has 4 aromatic heterocycles. The number of pyridine rings is 1. The number of carbonyl (C=O) groups is 1. The average molecular weight is 488 g/mol. The Morgan fingerprint density at radius 1 is 1.09 bits per heavy atom. The van der Waals surface area contributed by atoms with Crippen LogP contribution in [0.5, 0.6) is 11.5 Å². The van der Waals surface area contributed by atoms with Gasteiger partial charge in [0.05, 0.1) is 29.1 Å². The minimum atomic E-state index is -0.295. The van der Waals surface area contributed by atoms with Crippen molar-refractivity contribution in [1.82, 2.24) is 19.7 Å². The van der Waals surface area contributed by atoms with E-state index in [2.05, 4.69) is 15.4 Å². The van der Waals surface area contributed by atoms with E-state index in [1.54, 1.807) is 29.3 Å². The maximum atomic E-state index is 13.4. The number of furan rings is 1. The lowest BCUT2D eigenvalue weighted by Gasteiger charge is -2.18. The lowest BCUT2D eigenvalue weighted by Crippen LogP contribution is -2.15. The Bertz CT molecular complexity index is 1540. The van der Waals surface area contributed by atoms with Crippen LogP contribution in [0.4, 0.5) is 5.13 Å². The third kappa shape index (κ3) is 3.91. The van der Waals surface area contributed by atoms with Crippen LogP contribution < -0.4 is 14.8 Å². The van der Waals surface area contributed by atoms with Crippen molar-refractivity contribution in [2.24, 2.45) is 0 Å². The highest BCUT2D eigenvalue weighted by atomic mass is 32.1. The molecule has 0 radical (unpaired) electrons. The maximum absolute atomic E-state index is 13.4. The normalized spacial score (nSPS) is 12.9. The Morgan fingerprint density at radius 3 is 2.74 bits per heavy atom. The summed E-state index contributed by atoms with van der Waals surface area (Å²) in [5.41, 5.74) is 3.26. The average Bonchev–Trinajstić information content (AvgIpc) is 3.64. The van der Waals surface area contributed by atoms with Gasteiger partial charge in [0.1, 0.15) is 18.9 Å². The molecule has 0 aliphatic carbocycles. The molecule has 0 atom stereocenters. The highest BCUT2D eigenvalue weighted by molar-refractivity contribution is 7.14. The van der Waals surface area contributed by atoms with Gasteiger partial charge in [-0.1, -0.05) is 0 Å². The van der Waals surface area contributed by atoms with Gasteiger partial charge in [0, 0.05) is 17.0 Å². The number of thiazole rings is 1. The summed E-state index contributed by atoms with van der Waals surface area (Å²) in [7, 11) is 0. The van der Waals surface area contributed by atoms with Gasteiger partial charge in [0.15, 0.2) is 28.0 Å². The number of rotatable bonds is 5. The van der Waals surface area contributed by atoms with E-state index in [4.69, 9.17) is 18.9 Å². The number of hydrogen-bond donors (Lipinski definition) is 1. The number of aromatic nitrogens is 4. The van der Waals surface area contributed by atoms with Gasteiger partial charge in [-0.25, -0.2) is 14.6 Å². The van der Waals surface area contributed by atoms with E-state index in [0.29, 0.717) is 52.1 Å². The monoisotopic (exact) mass is 487 g/mol. The molecule has 176 valence electrons. The zero-order valence-electron chi connectivity index (χ0n) is 19.0. The summed E-state index contributed by atoms with van der Waals surface area (Å²) in [6, 6.07) is 11.1. The topological polar surface area (TPSA) is 104 Å². The molecule has 1 aromatic carbocycles. The minimum absolute atomic E-state index is 0.0790. The molecule has 5 heterocycles. The predicted molar refractivity (Wildman–Crippen MR) is 132 cm³/mol. The van der Waals surface area contributed by atoms with Crippen molar-refractivity contribution in [3.8, 4) is 34.2 Å². The summed E-state index contributed by atoms with van der Waals surface area (Å²) in [5.74, 6) is 1.70. The molecular weight excluding hydrogens is 466 g/mol. The Morgan fingerprint density at radius 2 is 1.94 bits per heavy atom. The molecule has 5 aromatic rings. The Kier molecular flexibility index (Phi) is 5.22. The first-order chi connectivity index (χ1) is 17.1. The fourth-order valence-corrected chi connectivity index (χ4v) is 4.68. The summed E-state index contributed by atoms with van der Waals surface area (Å²) in [6.07, 6.45) is 3.25. The second-order valence-electron chi connectivity index (χ2n) is 8.30. The van der Waals surface area contributed by atoms with Crippen LogP contribution in [0.3, 0.4) is 0 Å². The summed E-state index contributed by atoms with van der Waals surface area (Å²) in [5, 5.41) is 10.4. The summed E-state index contributed by atoms with van der Waals surface area (Å²) < 4.78 is 18.6. The SMILES string of the molecule is CC(C)n1ncc2c(C(=O)Nc3nc(-c4ccc5c(c4)OCCO5)cs3)cc(-c3ccco3)nc21. The number of fused-ring (bicyclic) bond motifs is 2. The molecule has 6 rings (SSSR count). The van der Waals surface area contributed by atoms with Crippen molar-refractivity contribution >= 4 is 33.4 Å². The smallest absolute Gasteiger partial charge is 0.258 e. The van der Waals surface area contributed by atoms with Crippen molar-refractivity contribution in [2.45, 2.75) is 19.9 Å². The van der Waals surface area contributed by atoms with Gasteiger partial charge in [0.25, 0.3) is 5.91 Å². The van der Waals surface area contributed by atoms with E-state index in [-0.39, 0.29) is 11.9 Å². The zero-order valence-corrected chi connectivity index (χ0v) is 19.8. The molecule has 1 amide bonds. The standard InChI is InChI=1S/C25H21N5O4S/c1-14(2)30-23-17(12-26-30)16(11-18(27-23)20-4-3-7-32-20)24(31)29-25-28-19(13-35-25)15-5-6-21-22(10-15)34-9-8-33-21/h3-7,10-14H,8-9H2,1-2H3,(H,28,29,31). The van der Waals surface area contributed by atoms with Gasteiger partial charge in [0.2, 0.25) is 0 Å². The van der Waals surface area contributed by atoms with Gasteiger partial charge < -0.3 is 13.9 Å². The number of nitrogens with zero attached hydrogens (tertiary/aromatic N) is 4. The largest absolute Gasteiger partial charge is 0.486 e. The van der Waals surface area contributed by atoms with Gasteiger partial charge in [-0.15, -0.1) is 11.3 Å². The first-order valence-corrected chi connectivity index (χ1v) is 12.0. The molecule has 35 heavy (non-hydrogen) atoms. The van der Waals surface area contributed by atoms with Gasteiger partial charge >= 0.3 is 0 Å². The minimum Gasteiger partial charge on any atom is -0.486 e. The number of anilines is 1. The predicted octanol–water partition coefficient (Wildman–Crippen LogP) is 5.42. The second-order valence-corrected chi connectivity index (χ2v) is 9.16. The zero-order chi connectivity index (χ0) is 23.9. The van der Waals surface area contributed by atoms with Crippen LogP contribution in [0, 0.1) is 0 Å². The molecule has 10 heteroatoms. The van der Waals surface area contributed by atoms with Crippen LogP contribution in [0.25, 0.3) is 33.7 Å². The van der Waals surface area contributed by atoms with E-state index < -0.39 is 0 Å². The lowest BCUT2D eigenvalue weighted by molar-refractivity contribution is 0.102. The molecule has 0 bridgehead atoms. The molecule has 9 nitrogen and oxygen atoms in total. The molecular formula is C25H21N5O4S. The highest BCUT2D eigenvalue weighted by Gasteiger charge is 2.21. The Labute approximate surface area is 204 Å². The Balaban J connectivity index is 1.33. The quantitative estimate of drug-likeness (QED) is 0.353. The van der Waals surface area contributed by atoms with Crippen molar-refractivity contribution in [3.05, 3.63) is 59.8 Å². The summed E-state index contributed by atoms with van der Waals surface area (Å²) in [4.78, 5) is 22.7. The fourth-order valence-electron chi connectivity index (χ4n) is 3.97. The molecule has 0 unspecified atom stereocenters. The summed E-state index contributed by atoms with van der Waals surface area (Å²) in [6.45, 7) is 5.09. The first kappa shape index (κ1) is 21.4. The van der Waals surface area contributed by atoms with Crippen molar-refractivity contribution in [3.63, 3.8) is 0 Å². The van der Waals surface area contributed by atoms with Crippen LogP contribution in [-0.4, -0.2) is 38.9 Å². The number of carbonyl (C=O) groups excluding carboxylic acids is 1. The molecule has 1 N–H and O–H groups in total. The van der Waals surface area contributed by atoms with Gasteiger partial charge in [-0.05, 0) is 50.2 Å². The van der Waals surface area contributed by atoms with E-state index in [9.17, 15) is 4.79 Å². The van der Waals surface area contributed by atoms with Crippen LogP contribution in [-0.2, 0) is 0 Å². The van der Waals surface area contributed by atoms with Gasteiger partial charge in [-0.3, -0.25) is 10.1 Å². The van der Waals surface area contributed by atoms with E-state index in [1.807, 2.05) is 43.5 Å². The summed E-state index contributed by atoms with van der Waals surface area (Å²) >= 11 is 1.35. The number of benzene rings is 1. The number of amides is 1. The van der Waals surface area contributed by atoms with E-state index in [1.165, 1.54) is 11.3 Å². The first-order valence-electron chi connectivity index (χ1n) is 11.2. The molecule has 0 fully saturated rings. The Hall–Kier alpha value is -4.18. The van der Waals surface area contributed by atoms with Crippen molar-refractivity contribution < 1.29 is 18.7 Å².